The van der Waals surface area contributed by atoms with Crippen molar-refractivity contribution in [2.45, 2.75) is 0 Å². The average Bonchev–Trinajstić information content (AvgIpc) is 1.81. The van der Waals surface area contributed by atoms with Gasteiger partial charge in [-0.3, -0.25) is 0 Å². The summed E-state index contributed by atoms with van der Waals surface area (Å²) >= 11 is 0. The van der Waals surface area contributed by atoms with Gasteiger partial charge in [0.05, 0.1) is 28.3 Å². The summed E-state index contributed by atoms with van der Waals surface area (Å²) in [5.41, 5.74) is 0. The van der Waals surface area contributed by atoms with Crippen LogP contribution in [0.15, 0.2) is 0 Å². The van der Waals surface area contributed by atoms with E-state index >= 15 is 0 Å². The summed E-state index contributed by atoms with van der Waals surface area (Å²) in [6, 6.07) is 0.769. The van der Waals surface area contributed by atoms with Crippen molar-refractivity contribution in [2.75, 3.05) is 28.3 Å². The van der Waals surface area contributed by atoms with Gasteiger partial charge < -0.3 is 4.74 Å². The molecule has 0 aromatic carbocycles. The Bertz CT molecular complexity index is 222. The zero-order chi connectivity index (χ0) is 13.0. The van der Waals surface area contributed by atoms with Crippen molar-refractivity contribution < 1.29 is 34.5 Å². The molecule has 0 saturated heterocycles. The summed E-state index contributed by atoms with van der Waals surface area (Å²) in [5, 5.41) is 2.87. The number of ether oxygens (including phenoxy) is 1. The molecule has 15 heavy (non-hydrogen) atoms. The van der Waals surface area contributed by atoms with E-state index in [1.807, 2.05) is 25.7 Å². The van der Waals surface area contributed by atoms with Crippen LogP contribution in [0.2, 0.25) is 0 Å². The molecule has 0 atom stereocenters. The minimum atomic E-state index is -10.7. The zero-order valence-electron chi connectivity index (χ0n) is 8.57. The van der Waals surface area contributed by atoms with Gasteiger partial charge in [0.2, 0.25) is 0 Å². The molecular weight excluding hydrogens is 249 g/mol. The van der Waals surface area contributed by atoms with Crippen LogP contribution in [0.1, 0.15) is 0 Å². The maximum atomic E-state index is 9.87. The third-order valence-corrected chi connectivity index (χ3v) is 0.813. The Morgan fingerprint density at radius 3 is 1.33 bits per heavy atom. The maximum absolute atomic E-state index is 10.7. The summed E-state index contributed by atoms with van der Waals surface area (Å²) in [6.45, 7) is 0. The molecule has 0 bridgehead atoms. The van der Waals surface area contributed by atoms with Crippen LogP contribution in [0.5, 0.6) is 0 Å². The molecule has 0 saturated carbocycles. The fourth-order valence-corrected chi connectivity index (χ4v) is 0.508. The first kappa shape index (κ1) is 16.7. The van der Waals surface area contributed by atoms with Crippen molar-refractivity contribution in [3.05, 3.63) is 0 Å². The predicted molar refractivity (Wildman–Crippen MR) is 46.8 cm³/mol. The first-order valence-corrected chi connectivity index (χ1v) is 5.52. The van der Waals surface area contributed by atoms with Gasteiger partial charge in [0, 0.05) is 0 Å². The van der Waals surface area contributed by atoms with E-state index in [0.717, 1.165) is 6.02 Å². The standard InChI is InChI=1S/C5H12N2O.F6P/c1-6-5(8-4)7(2)3;1-7(2,3,4,5)6/h1-4H3;/q;-1/p+1. The van der Waals surface area contributed by atoms with Crippen LogP contribution in [-0.4, -0.2) is 38.9 Å². The molecule has 0 aromatic rings. The van der Waals surface area contributed by atoms with Gasteiger partial charge in [-0.15, -0.1) is 0 Å². The van der Waals surface area contributed by atoms with Crippen LogP contribution < -0.4 is 5.32 Å². The van der Waals surface area contributed by atoms with Crippen molar-refractivity contribution in [1.82, 2.24) is 5.32 Å². The number of nitrogens with zero attached hydrogens (tertiary/aromatic N) is 1. The van der Waals surface area contributed by atoms with Gasteiger partial charge in [0.25, 0.3) is 0 Å². The van der Waals surface area contributed by atoms with Gasteiger partial charge in [-0.2, -0.15) is 0 Å². The summed E-state index contributed by atoms with van der Waals surface area (Å²) < 4.78 is 65.9. The molecule has 0 radical (unpaired) electrons. The van der Waals surface area contributed by atoms with Gasteiger partial charge in [-0.05, 0) is 0 Å². The number of halogens is 6. The normalized spacial score (nSPS) is 15.1. The molecule has 10 heteroatoms. The van der Waals surface area contributed by atoms with Gasteiger partial charge in [0.15, 0.2) is 0 Å². The molecule has 1 N–H and O–H groups in total. The molecular formula is C5H13F6N2OP. The van der Waals surface area contributed by atoms with E-state index in [2.05, 4.69) is 5.32 Å². The molecule has 0 aliphatic heterocycles. The second kappa shape index (κ2) is 4.03. The molecule has 0 aromatic heterocycles. The molecule has 0 unspecified atom stereocenters. The number of nitrogens with one attached hydrogen (secondary N) is 1. The van der Waals surface area contributed by atoms with Crippen LogP contribution in [-0.2, 0) is 4.74 Å². The van der Waals surface area contributed by atoms with Gasteiger partial charge in [-0.1, -0.05) is 0 Å². The molecule has 3 nitrogen and oxygen atoms in total. The summed E-state index contributed by atoms with van der Waals surface area (Å²) in [6.07, 6.45) is 0. The van der Waals surface area contributed by atoms with Crippen LogP contribution in [0.25, 0.3) is 0 Å². The van der Waals surface area contributed by atoms with Crippen molar-refractivity contribution >= 4 is 13.8 Å². The molecule has 0 amide bonds. The fraction of sp³-hybridized carbons (Fsp3) is 0.800. The van der Waals surface area contributed by atoms with Gasteiger partial charge >= 0.3 is 39.0 Å². The topological polar surface area (TPSA) is 24.3 Å². The third-order valence-electron chi connectivity index (χ3n) is 0.813. The SMILES string of the molecule is CNC(OC)=[N+](C)C.F[P-](F)(F)(F)(F)F. The van der Waals surface area contributed by atoms with Crippen LogP contribution >= 0.6 is 7.81 Å². The van der Waals surface area contributed by atoms with Crippen molar-refractivity contribution in [3.63, 3.8) is 0 Å². The molecule has 96 valence electrons. The number of amidine groups is 1. The van der Waals surface area contributed by atoms with Crippen molar-refractivity contribution in [1.29, 1.82) is 0 Å². The summed E-state index contributed by atoms with van der Waals surface area (Å²) in [5.74, 6) is 0. The van der Waals surface area contributed by atoms with E-state index < -0.39 is 7.81 Å². The quantitative estimate of drug-likeness (QED) is 0.239. The monoisotopic (exact) mass is 262 g/mol. The van der Waals surface area contributed by atoms with E-state index in [-0.39, 0.29) is 0 Å². The Balaban J connectivity index is 0. The van der Waals surface area contributed by atoms with E-state index in [1.54, 1.807) is 7.11 Å². The minimum absolute atomic E-state index is 0.769. The summed E-state index contributed by atoms with van der Waals surface area (Å²) in [7, 11) is -3.38. The Labute approximate surface area is 83.0 Å². The Morgan fingerprint density at radius 2 is 1.33 bits per heavy atom. The van der Waals surface area contributed by atoms with Gasteiger partial charge in [0.1, 0.15) is 0 Å². The molecule has 0 heterocycles. The Morgan fingerprint density at radius 1 is 1.07 bits per heavy atom. The Kier molecular flexibility index (Phi) is 4.49. The zero-order valence-corrected chi connectivity index (χ0v) is 9.46. The molecule has 0 spiro atoms. The number of hydrogen-bond acceptors (Lipinski definition) is 1. The molecule has 0 rings (SSSR count). The van der Waals surface area contributed by atoms with Crippen LogP contribution in [0, 0.1) is 0 Å². The average molecular weight is 262 g/mol. The fourth-order valence-electron chi connectivity index (χ4n) is 0.508. The Hall–Kier alpha value is -0.720. The second-order valence-electron chi connectivity index (χ2n) is 2.61. The van der Waals surface area contributed by atoms with Crippen molar-refractivity contribution in [3.8, 4) is 0 Å². The molecule has 0 fully saturated rings. The van der Waals surface area contributed by atoms with E-state index in [0.29, 0.717) is 0 Å². The molecule has 0 aliphatic carbocycles. The van der Waals surface area contributed by atoms with Gasteiger partial charge in [-0.25, -0.2) is 9.89 Å². The van der Waals surface area contributed by atoms with Crippen LogP contribution in [0.4, 0.5) is 25.2 Å². The van der Waals surface area contributed by atoms with Crippen LogP contribution in [0.3, 0.4) is 0 Å². The van der Waals surface area contributed by atoms with E-state index in [9.17, 15) is 25.2 Å². The number of rotatable bonds is 0. The summed E-state index contributed by atoms with van der Waals surface area (Å²) in [4.78, 5) is 0. The van der Waals surface area contributed by atoms with E-state index in [4.69, 9.17) is 4.74 Å². The predicted octanol–water partition coefficient (Wildman–Crippen LogP) is 2.86. The van der Waals surface area contributed by atoms with Crippen molar-refractivity contribution in [2.24, 2.45) is 0 Å². The first-order valence-electron chi connectivity index (χ1n) is 3.49. The van der Waals surface area contributed by atoms with E-state index in [1.165, 1.54) is 0 Å². The second-order valence-corrected chi connectivity index (χ2v) is 4.53. The third kappa shape index (κ3) is 31.9. The first-order chi connectivity index (χ1) is 6.17. The molecule has 0 aliphatic rings. The number of hydrogen-bond donors (Lipinski definition) is 1. The number of methoxy groups -OCH3 is 1.